The van der Waals surface area contributed by atoms with Gasteiger partial charge >= 0.3 is 0 Å². The van der Waals surface area contributed by atoms with Crippen molar-refractivity contribution in [3.8, 4) is 0 Å². The Morgan fingerprint density at radius 2 is 2.12 bits per heavy atom. The summed E-state index contributed by atoms with van der Waals surface area (Å²) in [7, 11) is 3.94. The molecule has 0 aliphatic carbocycles. The highest BCUT2D eigenvalue weighted by Crippen LogP contribution is 2.09. The minimum absolute atomic E-state index is 0.0268. The summed E-state index contributed by atoms with van der Waals surface area (Å²) >= 11 is 0. The number of aromatic nitrogens is 1. The Morgan fingerprint density at radius 3 is 2.62 bits per heavy atom. The Bertz CT molecular complexity index is 358. The van der Waals surface area contributed by atoms with E-state index < -0.39 is 0 Å². The molecular formula is C11H19N3O2. The number of hydrogen-bond acceptors (Lipinski definition) is 4. The monoisotopic (exact) mass is 225 g/mol. The summed E-state index contributed by atoms with van der Waals surface area (Å²) in [5.74, 6) is 1.23. The van der Waals surface area contributed by atoms with Crippen LogP contribution in [0.3, 0.4) is 0 Å². The van der Waals surface area contributed by atoms with E-state index in [9.17, 15) is 4.79 Å². The molecule has 1 rings (SSSR count). The van der Waals surface area contributed by atoms with Gasteiger partial charge in [0.15, 0.2) is 5.89 Å². The molecule has 16 heavy (non-hydrogen) atoms. The maximum Gasteiger partial charge on any atom is 0.227 e. The molecule has 0 aliphatic heterocycles. The number of amides is 1. The summed E-state index contributed by atoms with van der Waals surface area (Å²) in [6.07, 6.45) is 0.264. The normalized spacial score (nSPS) is 10.8. The first kappa shape index (κ1) is 12.7. The van der Waals surface area contributed by atoms with Crippen LogP contribution in [-0.4, -0.2) is 43.0 Å². The highest BCUT2D eigenvalue weighted by Gasteiger charge is 2.11. The molecule has 0 atom stereocenters. The zero-order chi connectivity index (χ0) is 12.1. The number of carbonyl (C=O) groups is 1. The lowest BCUT2D eigenvalue weighted by Crippen LogP contribution is -2.32. The van der Waals surface area contributed by atoms with Gasteiger partial charge in [0.25, 0.3) is 0 Å². The van der Waals surface area contributed by atoms with Crippen LogP contribution in [0.25, 0.3) is 0 Å². The molecule has 1 N–H and O–H groups in total. The fourth-order valence-corrected chi connectivity index (χ4v) is 1.36. The predicted molar refractivity (Wildman–Crippen MR) is 61.2 cm³/mol. The van der Waals surface area contributed by atoms with Gasteiger partial charge in [-0.1, -0.05) is 0 Å². The van der Waals surface area contributed by atoms with Gasteiger partial charge in [-0.25, -0.2) is 4.98 Å². The third-order valence-corrected chi connectivity index (χ3v) is 2.20. The van der Waals surface area contributed by atoms with Gasteiger partial charge < -0.3 is 14.6 Å². The molecule has 0 spiro atoms. The SMILES string of the molecule is Cc1nc(C)c(CC(=O)NCCN(C)C)o1. The molecule has 90 valence electrons. The average molecular weight is 225 g/mol. The first-order valence-corrected chi connectivity index (χ1v) is 5.33. The minimum Gasteiger partial charge on any atom is -0.445 e. The summed E-state index contributed by atoms with van der Waals surface area (Å²) in [5.41, 5.74) is 0.792. The third-order valence-electron chi connectivity index (χ3n) is 2.20. The van der Waals surface area contributed by atoms with Gasteiger partial charge in [0, 0.05) is 20.0 Å². The Morgan fingerprint density at radius 1 is 1.44 bits per heavy atom. The van der Waals surface area contributed by atoms with Crippen molar-refractivity contribution >= 4 is 5.91 Å². The van der Waals surface area contributed by atoms with Crippen molar-refractivity contribution in [3.05, 3.63) is 17.3 Å². The van der Waals surface area contributed by atoms with Crippen molar-refractivity contribution in [3.63, 3.8) is 0 Å². The molecule has 0 saturated carbocycles. The summed E-state index contributed by atoms with van der Waals surface area (Å²) in [5, 5.41) is 2.83. The largest absolute Gasteiger partial charge is 0.445 e. The van der Waals surface area contributed by atoms with E-state index in [1.165, 1.54) is 0 Å². The summed E-state index contributed by atoms with van der Waals surface area (Å²) in [6, 6.07) is 0. The molecule has 0 radical (unpaired) electrons. The molecule has 1 aromatic rings. The maximum absolute atomic E-state index is 11.5. The second kappa shape index (κ2) is 5.65. The number of rotatable bonds is 5. The van der Waals surface area contributed by atoms with E-state index in [1.54, 1.807) is 6.92 Å². The lowest BCUT2D eigenvalue weighted by atomic mass is 10.2. The van der Waals surface area contributed by atoms with Crippen LogP contribution in [0.1, 0.15) is 17.3 Å². The standard InChI is InChI=1S/C11H19N3O2/c1-8-10(16-9(2)13-8)7-11(15)12-5-6-14(3)4/h5-7H2,1-4H3,(H,12,15). The van der Waals surface area contributed by atoms with Crippen molar-refractivity contribution in [2.45, 2.75) is 20.3 Å². The molecular weight excluding hydrogens is 206 g/mol. The van der Waals surface area contributed by atoms with Gasteiger partial charge in [0.2, 0.25) is 5.91 Å². The van der Waals surface area contributed by atoms with E-state index in [-0.39, 0.29) is 12.3 Å². The maximum atomic E-state index is 11.5. The van der Waals surface area contributed by atoms with Gasteiger partial charge in [0.1, 0.15) is 5.76 Å². The highest BCUT2D eigenvalue weighted by molar-refractivity contribution is 5.78. The third kappa shape index (κ3) is 4.02. The molecule has 1 amide bonds. The first-order chi connectivity index (χ1) is 7.49. The smallest absolute Gasteiger partial charge is 0.227 e. The van der Waals surface area contributed by atoms with E-state index in [4.69, 9.17) is 4.42 Å². The van der Waals surface area contributed by atoms with Crippen molar-refractivity contribution in [1.29, 1.82) is 0 Å². The zero-order valence-corrected chi connectivity index (χ0v) is 10.3. The van der Waals surface area contributed by atoms with E-state index >= 15 is 0 Å². The molecule has 0 fully saturated rings. The summed E-state index contributed by atoms with van der Waals surface area (Å²) < 4.78 is 5.33. The predicted octanol–water partition coefficient (Wildman–Crippen LogP) is 0.512. The van der Waals surface area contributed by atoms with Crippen LogP contribution in [0.4, 0.5) is 0 Å². The molecule has 0 aromatic carbocycles. The number of likely N-dealkylation sites (N-methyl/N-ethyl adjacent to an activating group) is 1. The fraction of sp³-hybridized carbons (Fsp3) is 0.636. The van der Waals surface area contributed by atoms with Gasteiger partial charge in [-0.2, -0.15) is 0 Å². The number of aryl methyl sites for hydroxylation is 2. The second-order valence-electron chi connectivity index (χ2n) is 4.07. The molecule has 1 aromatic heterocycles. The molecule has 0 bridgehead atoms. The van der Waals surface area contributed by atoms with E-state index in [0.29, 0.717) is 18.2 Å². The summed E-state index contributed by atoms with van der Waals surface area (Å²) in [4.78, 5) is 17.7. The van der Waals surface area contributed by atoms with Crippen LogP contribution in [-0.2, 0) is 11.2 Å². The van der Waals surface area contributed by atoms with Crippen LogP contribution < -0.4 is 5.32 Å². The number of oxazole rings is 1. The van der Waals surface area contributed by atoms with Crippen LogP contribution in [0.5, 0.6) is 0 Å². The van der Waals surface area contributed by atoms with Crippen molar-refractivity contribution < 1.29 is 9.21 Å². The molecule has 0 unspecified atom stereocenters. The fourth-order valence-electron chi connectivity index (χ4n) is 1.36. The molecule has 0 saturated heterocycles. The van der Waals surface area contributed by atoms with Crippen molar-refractivity contribution in [1.82, 2.24) is 15.2 Å². The van der Waals surface area contributed by atoms with Crippen LogP contribution in [0, 0.1) is 13.8 Å². The minimum atomic E-state index is -0.0268. The second-order valence-corrected chi connectivity index (χ2v) is 4.07. The van der Waals surface area contributed by atoms with E-state index in [2.05, 4.69) is 10.3 Å². The van der Waals surface area contributed by atoms with Crippen LogP contribution in [0.15, 0.2) is 4.42 Å². The number of hydrogen-bond donors (Lipinski definition) is 1. The number of nitrogens with zero attached hydrogens (tertiary/aromatic N) is 2. The Balaban J connectivity index is 2.37. The Labute approximate surface area is 95.8 Å². The van der Waals surface area contributed by atoms with Crippen LogP contribution >= 0.6 is 0 Å². The molecule has 5 nitrogen and oxygen atoms in total. The zero-order valence-electron chi connectivity index (χ0n) is 10.3. The van der Waals surface area contributed by atoms with Gasteiger partial charge in [-0.15, -0.1) is 0 Å². The Hall–Kier alpha value is -1.36. The number of nitrogens with one attached hydrogen (secondary N) is 1. The topological polar surface area (TPSA) is 58.4 Å². The molecule has 1 heterocycles. The molecule has 5 heteroatoms. The first-order valence-electron chi connectivity index (χ1n) is 5.33. The van der Waals surface area contributed by atoms with Gasteiger partial charge in [-0.05, 0) is 21.0 Å². The van der Waals surface area contributed by atoms with Gasteiger partial charge in [0.05, 0.1) is 12.1 Å². The lowest BCUT2D eigenvalue weighted by molar-refractivity contribution is -0.120. The van der Waals surface area contributed by atoms with Crippen molar-refractivity contribution in [2.24, 2.45) is 0 Å². The van der Waals surface area contributed by atoms with E-state index in [0.717, 1.165) is 12.2 Å². The van der Waals surface area contributed by atoms with Crippen molar-refractivity contribution in [2.75, 3.05) is 27.2 Å². The highest BCUT2D eigenvalue weighted by atomic mass is 16.4. The van der Waals surface area contributed by atoms with Crippen LogP contribution in [0.2, 0.25) is 0 Å². The van der Waals surface area contributed by atoms with Gasteiger partial charge in [-0.3, -0.25) is 4.79 Å². The molecule has 0 aliphatic rings. The van der Waals surface area contributed by atoms with E-state index in [1.807, 2.05) is 25.9 Å². The Kier molecular flexibility index (Phi) is 4.49. The average Bonchev–Trinajstić information content (AvgIpc) is 2.44. The summed E-state index contributed by atoms with van der Waals surface area (Å²) in [6.45, 7) is 5.11. The lowest BCUT2D eigenvalue weighted by Gasteiger charge is -2.09. The quantitative estimate of drug-likeness (QED) is 0.793. The number of carbonyl (C=O) groups excluding carboxylic acids is 1.